The molecule has 0 aliphatic rings. The summed E-state index contributed by atoms with van der Waals surface area (Å²) in [5.74, 6) is 0.0942. The predicted molar refractivity (Wildman–Crippen MR) is 83.6 cm³/mol. The van der Waals surface area contributed by atoms with E-state index in [0.29, 0.717) is 12.8 Å². The van der Waals surface area contributed by atoms with Gasteiger partial charge in [0.25, 0.3) is 0 Å². The largest absolute Gasteiger partial charge is 0.399 e. The number of para-hydroxylation sites is 1. The smallest absolute Gasteiger partial charge is 0.220 e. The van der Waals surface area contributed by atoms with E-state index in [1.807, 2.05) is 24.3 Å². The molecule has 1 aromatic rings. The van der Waals surface area contributed by atoms with Gasteiger partial charge in [0, 0.05) is 17.6 Å². The molecule has 3 nitrogen and oxygen atoms in total. The molecule has 1 aromatic carbocycles. The highest BCUT2D eigenvalue weighted by Crippen LogP contribution is 2.14. The fourth-order valence-electron chi connectivity index (χ4n) is 2.14. The number of rotatable bonds is 6. The van der Waals surface area contributed by atoms with Crippen molar-refractivity contribution >= 4 is 24.0 Å². The molecule has 0 fully saturated rings. The lowest BCUT2D eigenvalue weighted by atomic mass is 9.98. The maximum atomic E-state index is 11.9. The minimum Gasteiger partial charge on any atom is -0.399 e. The lowest BCUT2D eigenvalue weighted by molar-refractivity contribution is -0.122. The lowest BCUT2D eigenvalue weighted by Gasteiger charge is -2.25. The van der Waals surface area contributed by atoms with Crippen LogP contribution in [0.2, 0.25) is 0 Å². The number of carbonyl (C=O) groups is 1. The van der Waals surface area contributed by atoms with E-state index in [0.717, 1.165) is 24.1 Å². The minimum absolute atomic E-state index is 0. The SMILES string of the molecule is CCCC(C)(C)NC(=O)CCc1ccccc1N.Cl. The fraction of sp³-hybridized carbons (Fsp3) is 0.533. The number of aryl methyl sites for hydroxylation is 1. The van der Waals surface area contributed by atoms with Crippen molar-refractivity contribution < 1.29 is 4.79 Å². The Morgan fingerprint density at radius 2 is 1.95 bits per heavy atom. The third-order valence-electron chi connectivity index (χ3n) is 3.03. The van der Waals surface area contributed by atoms with Gasteiger partial charge in [-0.25, -0.2) is 0 Å². The molecule has 108 valence electrons. The van der Waals surface area contributed by atoms with Gasteiger partial charge in [0.1, 0.15) is 0 Å². The summed E-state index contributed by atoms with van der Waals surface area (Å²) < 4.78 is 0. The molecule has 0 saturated carbocycles. The second-order valence-electron chi connectivity index (χ2n) is 5.38. The van der Waals surface area contributed by atoms with Crippen molar-refractivity contribution in [3.63, 3.8) is 0 Å². The summed E-state index contributed by atoms with van der Waals surface area (Å²) in [7, 11) is 0. The molecule has 0 aliphatic heterocycles. The number of carbonyl (C=O) groups excluding carboxylic acids is 1. The van der Waals surface area contributed by atoms with Crippen LogP contribution < -0.4 is 11.1 Å². The first-order chi connectivity index (χ1) is 8.44. The summed E-state index contributed by atoms with van der Waals surface area (Å²) in [6, 6.07) is 7.70. The predicted octanol–water partition coefficient (Wildman–Crippen LogP) is 3.32. The lowest BCUT2D eigenvalue weighted by Crippen LogP contribution is -2.43. The highest BCUT2D eigenvalue weighted by Gasteiger charge is 2.18. The first-order valence-corrected chi connectivity index (χ1v) is 6.59. The number of anilines is 1. The Balaban J connectivity index is 0.00000324. The van der Waals surface area contributed by atoms with Gasteiger partial charge >= 0.3 is 0 Å². The molecule has 4 heteroatoms. The minimum atomic E-state index is -0.117. The van der Waals surface area contributed by atoms with Crippen LogP contribution in [0.3, 0.4) is 0 Å². The van der Waals surface area contributed by atoms with Crippen molar-refractivity contribution in [3.05, 3.63) is 29.8 Å². The van der Waals surface area contributed by atoms with Gasteiger partial charge in [-0.3, -0.25) is 4.79 Å². The van der Waals surface area contributed by atoms with Gasteiger partial charge in [-0.05, 0) is 38.3 Å². The van der Waals surface area contributed by atoms with Crippen molar-refractivity contribution in [2.24, 2.45) is 0 Å². The molecular weight excluding hydrogens is 260 g/mol. The number of amides is 1. The Bertz CT molecular complexity index is 405. The van der Waals surface area contributed by atoms with Crippen molar-refractivity contribution in [1.82, 2.24) is 5.32 Å². The summed E-state index contributed by atoms with van der Waals surface area (Å²) in [5, 5.41) is 3.07. The van der Waals surface area contributed by atoms with Crippen LogP contribution in [0.15, 0.2) is 24.3 Å². The van der Waals surface area contributed by atoms with E-state index in [9.17, 15) is 4.79 Å². The molecule has 1 rings (SSSR count). The average Bonchev–Trinajstić information content (AvgIpc) is 2.27. The van der Waals surface area contributed by atoms with Gasteiger partial charge in [-0.2, -0.15) is 0 Å². The number of nitrogens with one attached hydrogen (secondary N) is 1. The van der Waals surface area contributed by atoms with Gasteiger partial charge in [-0.1, -0.05) is 31.5 Å². The van der Waals surface area contributed by atoms with Crippen molar-refractivity contribution in [2.45, 2.75) is 52.0 Å². The van der Waals surface area contributed by atoms with Gasteiger partial charge in [0.05, 0.1) is 0 Å². The second-order valence-corrected chi connectivity index (χ2v) is 5.38. The van der Waals surface area contributed by atoms with E-state index in [1.165, 1.54) is 0 Å². The zero-order chi connectivity index (χ0) is 13.6. The van der Waals surface area contributed by atoms with Crippen LogP contribution in [0.4, 0.5) is 5.69 Å². The molecule has 0 radical (unpaired) electrons. The Hall–Kier alpha value is -1.22. The number of hydrogen-bond donors (Lipinski definition) is 2. The van der Waals surface area contributed by atoms with Crippen LogP contribution in [0.5, 0.6) is 0 Å². The fourth-order valence-corrected chi connectivity index (χ4v) is 2.14. The second kappa shape index (κ2) is 8.05. The molecule has 0 spiro atoms. The topological polar surface area (TPSA) is 55.1 Å². The molecule has 0 atom stereocenters. The summed E-state index contributed by atoms with van der Waals surface area (Å²) in [6.45, 7) is 6.25. The van der Waals surface area contributed by atoms with E-state index in [-0.39, 0.29) is 23.9 Å². The zero-order valence-electron chi connectivity index (χ0n) is 12.0. The molecule has 0 bridgehead atoms. The van der Waals surface area contributed by atoms with E-state index in [1.54, 1.807) is 0 Å². The van der Waals surface area contributed by atoms with Crippen LogP contribution in [0.25, 0.3) is 0 Å². The Morgan fingerprint density at radius 3 is 2.53 bits per heavy atom. The average molecular weight is 285 g/mol. The number of nitrogens with two attached hydrogens (primary N) is 1. The van der Waals surface area contributed by atoms with Crippen LogP contribution >= 0.6 is 12.4 Å². The highest BCUT2D eigenvalue weighted by atomic mass is 35.5. The first kappa shape index (κ1) is 17.8. The zero-order valence-corrected chi connectivity index (χ0v) is 12.8. The van der Waals surface area contributed by atoms with Crippen LogP contribution in [0.1, 0.15) is 45.6 Å². The van der Waals surface area contributed by atoms with Crippen molar-refractivity contribution in [1.29, 1.82) is 0 Å². The summed E-state index contributed by atoms with van der Waals surface area (Å²) >= 11 is 0. The van der Waals surface area contributed by atoms with Gasteiger partial charge < -0.3 is 11.1 Å². The molecule has 0 saturated heterocycles. The number of nitrogen functional groups attached to an aromatic ring is 1. The Labute approximate surface area is 122 Å². The van der Waals surface area contributed by atoms with E-state index in [2.05, 4.69) is 26.1 Å². The van der Waals surface area contributed by atoms with Crippen molar-refractivity contribution in [2.75, 3.05) is 5.73 Å². The molecule has 1 amide bonds. The Kier molecular flexibility index (Phi) is 7.53. The van der Waals surface area contributed by atoms with Crippen molar-refractivity contribution in [3.8, 4) is 0 Å². The maximum Gasteiger partial charge on any atom is 0.220 e. The Morgan fingerprint density at radius 1 is 1.32 bits per heavy atom. The normalized spacial score (nSPS) is 10.7. The maximum absolute atomic E-state index is 11.9. The summed E-state index contributed by atoms with van der Waals surface area (Å²) in [5.41, 5.74) is 7.54. The number of halogens is 1. The van der Waals surface area contributed by atoms with E-state index < -0.39 is 0 Å². The molecule has 0 unspecified atom stereocenters. The van der Waals surface area contributed by atoms with E-state index >= 15 is 0 Å². The standard InChI is InChI=1S/C15H24N2O.ClH/c1-4-11-15(2,3)17-14(18)10-9-12-7-5-6-8-13(12)16;/h5-8H,4,9-11,16H2,1-3H3,(H,17,18);1H. The molecule has 19 heavy (non-hydrogen) atoms. The molecule has 3 N–H and O–H groups in total. The molecule has 0 aromatic heterocycles. The first-order valence-electron chi connectivity index (χ1n) is 6.59. The van der Waals surface area contributed by atoms with Crippen LogP contribution in [0, 0.1) is 0 Å². The molecule has 0 heterocycles. The highest BCUT2D eigenvalue weighted by molar-refractivity contribution is 5.85. The third kappa shape index (κ3) is 6.48. The van der Waals surface area contributed by atoms with E-state index in [4.69, 9.17) is 5.73 Å². The number of benzene rings is 1. The van der Waals surface area contributed by atoms with Crippen LogP contribution in [-0.4, -0.2) is 11.4 Å². The van der Waals surface area contributed by atoms with Gasteiger partial charge in [0.15, 0.2) is 0 Å². The number of hydrogen-bond acceptors (Lipinski definition) is 2. The third-order valence-corrected chi connectivity index (χ3v) is 3.03. The van der Waals surface area contributed by atoms with Gasteiger partial charge in [-0.15, -0.1) is 12.4 Å². The monoisotopic (exact) mass is 284 g/mol. The molecular formula is C15H25ClN2O. The summed E-state index contributed by atoms with van der Waals surface area (Å²) in [4.78, 5) is 11.9. The van der Waals surface area contributed by atoms with Crippen LogP contribution in [-0.2, 0) is 11.2 Å². The summed E-state index contributed by atoms with van der Waals surface area (Å²) in [6.07, 6.45) is 3.24. The molecule has 0 aliphatic carbocycles. The van der Waals surface area contributed by atoms with Gasteiger partial charge in [0.2, 0.25) is 5.91 Å². The quantitative estimate of drug-likeness (QED) is 0.788.